The van der Waals surface area contributed by atoms with Crippen LogP contribution in [0.5, 0.6) is 0 Å². The van der Waals surface area contributed by atoms with E-state index in [1.165, 1.54) is 18.7 Å². The van der Waals surface area contributed by atoms with Gasteiger partial charge in [-0.15, -0.1) is 10.2 Å². The number of nitrogens with zero attached hydrogens (tertiary/aromatic N) is 3. The molecule has 34 heavy (non-hydrogen) atoms. The molecule has 9 nitrogen and oxygen atoms in total. The van der Waals surface area contributed by atoms with Gasteiger partial charge in [-0.05, 0) is 52.3 Å². The lowest BCUT2D eigenvalue weighted by Crippen LogP contribution is -2.24. The molecule has 0 radical (unpaired) electrons. The van der Waals surface area contributed by atoms with E-state index in [-0.39, 0.29) is 35.2 Å². The van der Waals surface area contributed by atoms with E-state index in [4.69, 9.17) is 9.15 Å². The van der Waals surface area contributed by atoms with E-state index < -0.39 is 17.1 Å². The number of aromatic nitrogens is 3. The van der Waals surface area contributed by atoms with Gasteiger partial charge < -0.3 is 9.15 Å². The molecule has 0 saturated carbocycles. The fourth-order valence-corrected chi connectivity index (χ4v) is 4.70. The number of rotatable bonds is 7. The Labute approximate surface area is 199 Å². The average Bonchev–Trinajstić information content (AvgIpc) is 3.34. The number of anilines is 1. The largest absolute Gasteiger partial charge is 0.462 e. The molecular weight excluding hydrogens is 456 g/mol. The molecule has 0 bridgehead atoms. The summed E-state index contributed by atoms with van der Waals surface area (Å²) in [6.07, 6.45) is 0. The summed E-state index contributed by atoms with van der Waals surface area (Å²) in [5, 5.41) is 12.2. The Morgan fingerprint density at radius 1 is 1.18 bits per heavy atom. The summed E-state index contributed by atoms with van der Waals surface area (Å²) in [6.45, 7) is 8.39. The van der Waals surface area contributed by atoms with E-state index in [0.29, 0.717) is 10.8 Å². The average molecular weight is 481 g/mol. The standard InChI is InChI=1S/C24H24N4O5S/c1-6-32-23(31)20-19(13(3)29)14(4)33-22(20)25-21(30)15(5)34-24-27-26-18-11-12(2)16-9-7-8-10-17(16)28(18)24/h7-11,15H,6H2,1-5H3,(H,25,30). The molecule has 0 aliphatic heterocycles. The van der Waals surface area contributed by atoms with Crippen molar-refractivity contribution in [1.82, 2.24) is 14.6 Å². The maximum absolute atomic E-state index is 13.0. The number of hydrogen-bond donors (Lipinski definition) is 1. The lowest BCUT2D eigenvalue weighted by atomic mass is 10.1. The SMILES string of the molecule is CCOC(=O)c1c(NC(=O)C(C)Sc2nnc3cc(C)c4ccccc4n23)oc(C)c1C(C)=O. The fourth-order valence-electron chi connectivity index (χ4n) is 3.83. The van der Waals surface area contributed by atoms with Crippen LogP contribution in [0.3, 0.4) is 0 Å². The number of esters is 1. The first-order valence-corrected chi connectivity index (χ1v) is 11.6. The Morgan fingerprint density at radius 3 is 2.62 bits per heavy atom. The highest BCUT2D eigenvalue weighted by molar-refractivity contribution is 8.00. The maximum atomic E-state index is 13.0. The number of pyridine rings is 1. The van der Waals surface area contributed by atoms with Crippen LogP contribution in [0.1, 0.15) is 52.8 Å². The van der Waals surface area contributed by atoms with Gasteiger partial charge in [0, 0.05) is 5.39 Å². The topological polar surface area (TPSA) is 116 Å². The summed E-state index contributed by atoms with van der Waals surface area (Å²) in [5.74, 6) is -1.38. The lowest BCUT2D eigenvalue weighted by Gasteiger charge is -2.12. The number of amides is 1. The molecule has 0 saturated heterocycles. The Bertz CT molecular complexity index is 1440. The van der Waals surface area contributed by atoms with Crippen molar-refractivity contribution in [3.63, 3.8) is 0 Å². The van der Waals surface area contributed by atoms with E-state index in [1.54, 1.807) is 20.8 Å². The fraction of sp³-hybridized carbons (Fsp3) is 0.292. The molecule has 3 heterocycles. The van der Waals surface area contributed by atoms with Crippen molar-refractivity contribution in [1.29, 1.82) is 0 Å². The normalized spacial score (nSPS) is 12.1. The summed E-state index contributed by atoms with van der Waals surface area (Å²) in [6, 6.07) is 9.86. The van der Waals surface area contributed by atoms with Gasteiger partial charge in [0.1, 0.15) is 11.3 Å². The van der Waals surface area contributed by atoms with E-state index in [0.717, 1.165) is 16.5 Å². The molecule has 1 N–H and O–H groups in total. The van der Waals surface area contributed by atoms with Crippen molar-refractivity contribution in [2.45, 2.75) is 45.0 Å². The van der Waals surface area contributed by atoms with Crippen LogP contribution in [-0.4, -0.2) is 44.1 Å². The number of carbonyl (C=O) groups is 3. The minimum Gasteiger partial charge on any atom is -0.462 e. The molecule has 0 aliphatic rings. The second-order valence-corrected chi connectivity index (χ2v) is 9.09. The Hall–Kier alpha value is -3.66. The van der Waals surface area contributed by atoms with Gasteiger partial charge in [-0.25, -0.2) is 4.79 Å². The van der Waals surface area contributed by atoms with E-state index in [9.17, 15) is 14.4 Å². The van der Waals surface area contributed by atoms with Gasteiger partial charge in [0.05, 0.1) is 22.9 Å². The second-order valence-electron chi connectivity index (χ2n) is 7.78. The van der Waals surface area contributed by atoms with Gasteiger partial charge in [-0.2, -0.15) is 0 Å². The molecule has 1 atom stereocenters. The number of Topliss-reactive ketones (excluding diaryl/α,β-unsaturated/α-hetero) is 1. The zero-order valence-corrected chi connectivity index (χ0v) is 20.3. The lowest BCUT2D eigenvalue weighted by molar-refractivity contribution is -0.115. The zero-order valence-electron chi connectivity index (χ0n) is 19.5. The van der Waals surface area contributed by atoms with Gasteiger partial charge >= 0.3 is 5.97 Å². The number of aryl methyl sites for hydroxylation is 2. The van der Waals surface area contributed by atoms with Crippen molar-refractivity contribution < 1.29 is 23.5 Å². The predicted molar refractivity (Wildman–Crippen MR) is 129 cm³/mol. The van der Waals surface area contributed by atoms with Gasteiger partial charge in [0.25, 0.3) is 0 Å². The molecule has 176 valence electrons. The highest BCUT2D eigenvalue weighted by Crippen LogP contribution is 2.31. The monoisotopic (exact) mass is 480 g/mol. The predicted octanol–water partition coefficient (Wildman–Crippen LogP) is 4.59. The summed E-state index contributed by atoms with van der Waals surface area (Å²) < 4.78 is 12.6. The van der Waals surface area contributed by atoms with Crippen molar-refractivity contribution in [2.75, 3.05) is 11.9 Å². The molecule has 0 fully saturated rings. The Kier molecular flexibility index (Phi) is 6.43. The number of ketones is 1. The summed E-state index contributed by atoms with van der Waals surface area (Å²) >= 11 is 1.22. The van der Waals surface area contributed by atoms with Crippen LogP contribution in [0.25, 0.3) is 16.6 Å². The van der Waals surface area contributed by atoms with E-state index in [2.05, 4.69) is 15.5 Å². The molecule has 4 rings (SSSR count). The van der Waals surface area contributed by atoms with Crippen LogP contribution in [-0.2, 0) is 9.53 Å². The first-order valence-electron chi connectivity index (χ1n) is 10.7. The van der Waals surface area contributed by atoms with Crippen molar-refractivity contribution in [2.24, 2.45) is 0 Å². The van der Waals surface area contributed by atoms with Crippen LogP contribution < -0.4 is 5.32 Å². The third-order valence-electron chi connectivity index (χ3n) is 5.38. The summed E-state index contributed by atoms with van der Waals surface area (Å²) in [4.78, 5) is 37.6. The van der Waals surface area contributed by atoms with Crippen LogP contribution in [0.4, 0.5) is 5.88 Å². The maximum Gasteiger partial charge on any atom is 0.344 e. The number of nitrogens with one attached hydrogen (secondary N) is 1. The van der Waals surface area contributed by atoms with Crippen LogP contribution in [0.15, 0.2) is 39.9 Å². The number of benzene rings is 1. The number of thioether (sulfide) groups is 1. The molecule has 4 aromatic rings. The van der Waals surface area contributed by atoms with Crippen molar-refractivity contribution in [3.05, 3.63) is 52.8 Å². The number of carbonyl (C=O) groups excluding carboxylic acids is 3. The van der Waals surface area contributed by atoms with Gasteiger partial charge in [0.2, 0.25) is 11.8 Å². The molecule has 10 heteroatoms. The Morgan fingerprint density at radius 2 is 1.91 bits per heavy atom. The number of para-hydroxylation sites is 1. The third-order valence-corrected chi connectivity index (χ3v) is 6.42. The minimum atomic E-state index is -0.731. The molecule has 3 aromatic heterocycles. The van der Waals surface area contributed by atoms with E-state index >= 15 is 0 Å². The van der Waals surface area contributed by atoms with Crippen LogP contribution in [0, 0.1) is 13.8 Å². The smallest absolute Gasteiger partial charge is 0.344 e. The van der Waals surface area contributed by atoms with Gasteiger partial charge in [-0.3, -0.25) is 19.3 Å². The number of fused-ring (bicyclic) bond motifs is 3. The van der Waals surface area contributed by atoms with Crippen molar-refractivity contribution in [3.8, 4) is 0 Å². The van der Waals surface area contributed by atoms with Gasteiger partial charge in [0.15, 0.2) is 16.6 Å². The van der Waals surface area contributed by atoms with E-state index in [1.807, 2.05) is 41.7 Å². The minimum absolute atomic E-state index is 0.0770. The highest BCUT2D eigenvalue weighted by atomic mass is 32.2. The van der Waals surface area contributed by atoms with Crippen LogP contribution in [0.2, 0.25) is 0 Å². The Balaban J connectivity index is 1.63. The van der Waals surface area contributed by atoms with Gasteiger partial charge in [-0.1, -0.05) is 30.0 Å². The number of furan rings is 1. The van der Waals surface area contributed by atoms with Crippen LogP contribution >= 0.6 is 11.8 Å². The first-order chi connectivity index (χ1) is 16.2. The number of hydrogen-bond acceptors (Lipinski definition) is 8. The number of ether oxygens (including phenoxy) is 1. The summed E-state index contributed by atoms with van der Waals surface area (Å²) in [7, 11) is 0. The molecule has 1 unspecified atom stereocenters. The quantitative estimate of drug-likeness (QED) is 0.232. The molecule has 1 amide bonds. The molecule has 0 aliphatic carbocycles. The molecular formula is C24H24N4O5S. The molecule has 1 aromatic carbocycles. The van der Waals surface area contributed by atoms with Crippen molar-refractivity contribution >= 4 is 51.9 Å². The highest BCUT2D eigenvalue weighted by Gasteiger charge is 2.30. The third kappa shape index (κ3) is 4.16. The second kappa shape index (κ2) is 9.30. The molecule has 0 spiro atoms. The summed E-state index contributed by atoms with van der Waals surface area (Å²) in [5.41, 5.74) is 2.73. The first kappa shape index (κ1) is 23.5. The zero-order chi connectivity index (χ0) is 24.6.